The third-order valence-corrected chi connectivity index (χ3v) is 2.57. The van der Waals surface area contributed by atoms with Crippen LogP contribution in [0.25, 0.3) is 0 Å². The number of nitrogens with one attached hydrogen (secondary N) is 1. The zero-order chi connectivity index (χ0) is 14.0. The molecule has 0 aliphatic rings. The number of nitrogens with zero attached hydrogens (tertiary/aromatic N) is 3. The van der Waals surface area contributed by atoms with E-state index in [2.05, 4.69) is 20.3 Å². The second kappa shape index (κ2) is 8.19. The number of hydrogen-bond donors (Lipinski definition) is 1. The molecule has 6 heteroatoms. The minimum Gasteiger partial charge on any atom is -0.484 e. The molecule has 0 radical (unpaired) electrons. The molecule has 2 aromatic heterocycles. The first-order valence-electron chi connectivity index (χ1n) is 6.42. The maximum atomic E-state index is 5.56. The second-order valence-electron chi connectivity index (χ2n) is 4.11. The Hall–Kier alpha value is -2.05. The first-order valence-corrected chi connectivity index (χ1v) is 6.42. The van der Waals surface area contributed by atoms with E-state index in [4.69, 9.17) is 9.47 Å². The predicted octanol–water partition coefficient (Wildman–Crippen LogP) is 1.19. The van der Waals surface area contributed by atoms with Crippen LogP contribution in [-0.4, -0.2) is 35.2 Å². The first-order chi connectivity index (χ1) is 9.88. The number of rotatable bonds is 8. The van der Waals surface area contributed by atoms with Gasteiger partial charge in [0.25, 0.3) is 0 Å². The van der Waals surface area contributed by atoms with E-state index in [1.807, 2.05) is 12.1 Å². The normalized spacial score (nSPS) is 10.4. The van der Waals surface area contributed by atoms with E-state index in [1.165, 1.54) is 0 Å². The Labute approximate surface area is 118 Å². The minimum absolute atomic E-state index is 0.341. The molecule has 20 heavy (non-hydrogen) atoms. The van der Waals surface area contributed by atoms with Crippen molar-refractivity contribution in [2.24, 2.45) is 0 Å². The van der Waals surface area contributed by atoms with Gasteiger partial charge in [0, 0.05) is 32.6 Å². The molecular weight excluding hydrogens is 256 g/mol. The molecule has 0 saturated heterocycles. The summed E-state index contributed by atoms with van der Waals surface area (Å²) in [7, 11) is 1.68. The van der Waals surface area contributed by atoms with Gasteiger partial charge in [-0.25, -0.2) is 9.97 Å². The zero-order valence-corrected chi connectivity index (χ0v) is 11.5. The van der Waals surface area contributed by atoms with Gasteiger partial charge in [-0.3, -0.25) is 4.98 Å². The van der Waals surface area contributed by atoms with E-state index in [1.54, 1.807) is 31.8 Å². The lowest BCUT2D eigenvalue weighted by atomic mass is 10.3. The standard InChI is InChI=1S/C14H18N4O2/c1-19-8-7-15-9-12-3-4-13(10-18-12)20-11-14-16-5-2-6-17-14/h2-6,10,15H,7-9,11H2,1H3. The van der Waals surface area contributed by atoms with Crippen molar-refractivity contribution in [2.75, 3.05) is 20.3 Å². The summed E-state index contributed by atoms with van der Waals surface area (Å²) in [6.45, 7) is 2.55. The average molecular weight is 274 g/mol. The molecule has 0 aromatic carbocycles. The summed E-state index contributed by atoms with van der Waals surface area (Å²) in [4.78, 5) is 12.5. The van der Waals surface area contributed by atoms with Gasteiger partial charge in [-0.05, 0) is 18.2 Å². The molecule has 2 aromatic rings. The molecule has 0 unspecified atom stereocenters. The third kappa shape index (κ3) is 4.91. The molecule has 0 spiro atoms. The Morgan fingerprint density at radius 3 is 2.70 bits per heavy atom. The SMILES string of the molecule is COCCNCc1ccc(OCc2ncccn2)cn1. The van der Waals surface area contributed by atoms with Crippen LogP contribution in [-0.2, 0) is 17.9 Å². The van der Waals surface area contributed by atoms with Crippen LogP contribution in [0.15, 0.2) is 36.8 Å². The molecule has 0 amide bonds. The van der Waals surface area contributed by atoms with Crippen molar-refractivity contribution in [3.05, 3.63) is 48.3 Å². The van der Waals surface area contributed by atoms with Crippen molar-refractivity contribution in [3.63, 3.8) is 0 Å². The van der Waals surface area contributed by atoms with Gasteiger partial charge >= 0.3 is 0 Å². The topological polar surface area (TPSA) is 69.2 Å². The van der Waals surface area contributed by atoms with Crippen LogP contribution in [0, 0.1) is 0 Å². The van der Waals surface area contributed by atoms with E-state index in [-0.39, 0.29) is 0 Å². The molecule has 1 N–H and O–H groups in total. The molecule has 0 bridgehead atoms. The van der Waals surface area contributed by atoms with Gasteiger partial charge in [0.15, 0.2) is 5.82 Å². The molecule has 2 heterocycles. The van der Waals surface area contributed by atoms with Gasteiger partial charge in [-0.1, -0.05) is 0 Å². The van der Waals surface area contributed by atoms with Crippen LogP contribution >= 0.6 is 0 Å². The van der Waals surface area contributed by atoms with Gasteiger partial charge < -0.3 is 14.8 Å². The number of pyridine rings is 1. The summed E-state index contributed by atoms with van der Waals surface area (Å²) in [5.41, 5.74) is 0.962. The van der Waals surface area contributed by atoms with Gasteiger partial charge in [0.2, 0.25) is 0 Å². The molecule has 0 fully saturated rings. The largest absolute Gasteiger partial charge is 0.484 e. The van der Waals surface area contributed by atoms with E-state index >= 15 is 0 Å². The van der Waals surface area contributed by atoms with Crippen LogP contribution < -0.4 is 10.1 Å². The Kier molecular flexibility index (Phi) is 5.88. The molecule has 0 aliphatic carbocycles. The fraction of sp³-hybridized carbons (Fsp3) is 0.357. The first kappa shape index (κ1) is 14.4. The van der Waals surface area contributed by atoms with E-state index in [0.717, 1.165) is 12.2 Å². The molecule has 106 valence electrons. The summed E-state index contributed by atoms with van der Waals surface area (Å²) >= 11 is 0. The molecule has 0 saturated carbocycles. The van der Waals surface area contributed by atoms with Crippen LogP contribution in [0.2, 0.25) is 0 Å². The summed E-state index contributed by atoms with van der Waals surface area (Å²) in [6.07, 6.45) is 5.09. The quantitative estimate of drug-likeness (QED) is 0.729. The lowest BCUT2D eigenvalue weighted by Crippen LogP contribution is -2.19. The highest BCUT2D eigenvalue weighted by Gasteiger charge is 1.99. The van der Waals surface area contributed by atoms with Crippen LogP contribution in [0.5, 0.6) is 5.75 Å². The lowest BCUT2D eigenvalue weighted by Gasteiger charge is -2.06. The maximum Gasteiger partial charge on any atom is 0.166 e. The number of ether oxygens (including phenoxy) is 2. The maximum absolute atomic E-state index is 5.56. The zero-order valence-electron chi connectivity index (χ0n) is 11.5. The summed E-state index contributed by atoms with van der Waals surface area (Å²) < 4.78 is 10.5. The second-order valence-corrected chi connectivity index (χ2v) is 4.11. The molecule has 2 rings (SSSR count). The fourth-order valence-corrected chi connectivity index (χ4v) is 1.54. The van der Waals surface area contributed by atoms with Crippen molar-refractivity contribution in [2.45, 2.75) is 13.2 Å². The van der Waals surface area contributed by atoms with Crippen LogP contribution in [0.4, 0.5) is 0 Å². The summed E-state index contributed by atoms with van der Waals surface area (Å²) in [6, 6.07) is 5.60. The lowest BCUT2D eigenvalue weighted by molar-refractivity contribution is 0.199. The predicted molar refractivity (Wildman–Crippen MR) is 74.2 cm³/mol. The molecule has 0 atom stereocenters. The number of methoxy groups -OCH3 is 1. The van der Waals surface area contributed by atoms with Crippen molar-refractivity contribution in [3.8, 4) is 5.75 Å². The van der Waals surface area contributed by atoms with Crippen LogP contribution in [0.1, 0.15) is 11.5 Å². The van der Waals surface area contributed by atoms with Crippen molar-refractivity contribution >= 4 is 0 Å². The highest BCUT2D eigenvalue weighted by molar-refractivity contribution is 5.19. The fourth-order valence-electron chi connectivity index (χ4n) is 1.54. The number of aromatic nitrogens is 3. The molecule has 6 nitrogen and oxygen atoms in total. The van der Waals surface area contributed by atoms with Crippen molar-refractivity contribution in [1.29, 1.82) is 0 Å². The molecular formula is C14H18N4O2. The number of hydrogen-bond acceptors (Lipinski definition) is 6. The highest BCUT2D eigenvalue weighted by atomic mass is 16.5. The van der Waals surface area contributed by atoms with E-state index in [9.17, 15) is 0 Å². The van der Waals surface area contributed by atoms with Crippen molar-refractivity contribution in [1.82, 2.24) is 20.3 Å². The van der Waals surface area contributed by atoms with E-state index in [0.29, 0.717) is 31.3 Å². The van der Waals surface area contributed by atoms with Gasteiger partial charge in [-0.2, -0.15) is 0 Å². The smallest absolute Gasteiger partial charge is 0.166 e. The average Bonchev–Trinajstić information content (AvgIpc) is 2.52. The Balaban J connectivity index is 1.76. The Bertz CT molecular complexity index is 490. The van der Waals surface area contributed by atoms with E-state index < -0.39 is 0 Å². The Morgan fingerprint density at radius 2 is 2.00 bits per heavy atom. The van der Waals surface area contributed by atoms with Gasteiger partial charge in [0.1, 0.15) is 12.4 Å². The van der Waals surface area contributed by atoms with Gasteiger partial charge in [0.05, 0.1) is 18.5 Å². The molecule has 0 aliphatic heterocycles. The third-order valence-electron chi connectivity index (χ3n) is 2.57. The highest BCUT2D eigenvalue weighted by Crippen LogP contribution is 2.10. The Morgan fingerprint density at radius 1 is 1.15 bits per heavy atom. The summed E-state index contributed by atoms with van der Waals surface area (Å²) in [5.74, 6) is 1.36. The van der Waals surface area contributed by atoms with Gasteiger partial charge in [-0.15, -0.1) is 0 Å². The monoisotopic (exact) mass is 274 g/mol. The summed E-state index contributed by atoms with van der Waals surface area (Å²) in [5, 5.41) is 3.23. The van der Waals surface area contributed by atoms with Crippen LogP contribution in [0.3, 0.4) is 0 Å². The van der Waals surface area contributed by atoms with Crippen molar-refractivity contribution < 1.29 is 9.47 Å². The minimum atomic E-state index is 0.341.